The molecule has 0 heterocycles. The van der Waals surface area contributed by atoms with Gasteiger partial charge in [0, 0.05) is 15.0 Å². The van der Waals surface area contributed by atoms with Gasteiger partial charge in [-0.25, -0.2) is 0 Å². The number of hydrogen-bond donors (Lipinski definition) is 2. The fourth-order valence-corrected chi connectivity index (χ4v) is 4.48. The Bertz CT molecular complexity index is 578. The first kappa shape index (κ1) is 13.4. The SMILES string of the molecule is CC(c1ccccc1S)[SH](C)(=O)c1ccccc1. The second-order valence-corrected chi connectivity index (χ2v) is 8.31. The zero-order valence-corrected chi connectivity index (χ0v) is 12.4. The Labute approximate surface area is 115 Å². The molecule has 1 unspecified atom stereocenters. The van der Waals surface area contributed by atoms with E-state index in [1.807, 2.05) is 67.8 Å². The van der Waals surface area contributed by atoms with Gasteiger partial charge in [-0.3, -0.25) is 4.21 Å². The summed E-state index contributed by atoms with van der Waals surface area (Å²) >= 11 is 4.46. The lowest BCUT2D eigenvalue weighted by atomic mass is 10.2. The van der Waals surface area contributed by atoms with Gasteiger partial charge in [0.1, 0.15) is 0 Å². The van der Waals surface area contributed by atoms with Crippen LogP contribution in [0.1, 0.15) is 17.7 Å². The Kier molecular flexibility index (Phi) is 3.93. The Hall–Kier alpha value is -1.06. The van der Waals surface area contributed by atoms with Crippen LogP contribution in [0.3, 0.4) is 0 Å². The molecule has 0 aliphatic rings. The molecule has 2 rings (SSSR count). The van der Waals surface area contributed by atoms with Crippen LogP contribution in [0.25, 0.3) is 0 Å². The van der Waals surface area contributed by atoms with E-state index in [0.717, 1.165) is 15.4 Å². The van der Waals surface area contributed by atoms with E-state index in [1.165, 1.54) is 0 Å². The van der Waals surface area contributed by atoms with Gasteiger partial charge in [0.15, 0.2) is 0 Å². The average Bonchev–Trinajstić information content (AvgIpc) is 2.39. The zero-order chi connectivity index (χ0) is 13.2. The first-order valence-corrected chi connectivity index (χ1v) is 8.61. The van der Waals surface area contributed by atoms with Gasteiger partial charge in [-0.05, 0) is 36.9 Å². The maximum Gasteiger partial charge on any atom is 0.0395 e. The van der Waals surface area contributed by atoms with Crippen LogP contribution >= 0.6 is 12.6 Å². The van der Waals surface area contributed by atoms with Gasteiger partial charge in [0.2, 0.25) is 0 Å². The molecule has 0 spiro atoms. The van der Waals surface area contributed by atoms with Crippen molar-refractivity contribution >= 4 is 22.6 Å². The van der Waals surface area contributed by atoms with Crippen molar-refractivity contribution in [2.45, 2.75) is 22.0 Å². The van der Waals surface area contributed by atoms with E-state index in [1.54, 1.807) is 0 Å². The van der Waals surface area contributed by atoms with Crippen LogP contribution in [0.2, 0.25) is 0 Å². The number of thiol groups is 2. The molecule has 0 radical (unpaired) electrons. The molecular weight excluding hydrogens is 260 g/mol. The highest BCUT2D eigenvalue weighted by Crippen LogP contribution is 2.35. The molecular formula is C15H18OS2. The Morgan fingerprint density at radius 2 is 1.56 bits per heavy atom. The van der Waals surface area contributed by atoms with Crippen molar-refractivity contribution in [3.05, 3.63) is 60.2 Å². The van der Waals surface area contributed by atoms with Gasteiger partial charge < -0.3 is 0 Å². The Balaban J connectivity index is 2.43. The van der Waals surface area contributed by atoms with Crippen molar-refractivity contribution in [2.75, 3.05) is 6.26 Å². The van der Waals surface area contributed by atoms with Gasteiger partial charge in [-0.15, -0.1) is 12.6 Å². The van der Waals surface area contributed by atoms with E-state index in [4.69, 9.17) is 0 Å². The molecule has 2 aromatic carbocycles. The van der Waals surface area contributed by atoms with Crippen molar-refractivity contribution < 1.29 is 4.21 Å². The molecule has 0 bridgehead atoms. The summed E-state index contributed by atoms with van der Waals surface area (Å²) in [6, 6.07) is 17.6. The monoisotopic (exact) mass is 278 g/mol. The van der Waals surface area contributed by atoms with Gasteiger partial charge >= 0.3 is 0 Å². The molecule has 0 fully saturated rings. The summed E-state index contributed by atoms with van der Waals surface area (Å²) in [5.41, 5.74) is 1.05. The largest absolute Gasteiger partial charge is 0.280 e. The summed E-state index contributed by atoms with van der Waals surface area (Å²) in [4.78, 5) is 1.83. The Morgan fingerprint density at radius 1 is 1.00 bits per heavy atom. The molecule has 0 aliphatic heterocycles. The molecule has 2 aromatic rings. The van der Waals surface area contributed by atoms with Crippen LogP contribution < -0.4 is 0 Å². The first-order chi connectivity index (χ1) is 8.53. The summed E-state index contributed by atoms with van der Waals surface area (Å²) in [6.07, 6.45) is 1.85. The molecule has 0 aromatic heterocycles. The van der Waals surface area contributed by atoms with Crippen LogP contribution in [0, 0.1) is 0 Å². The second kappa shape index (κ2) is 5.29. The zero-order valence-electron chi connectivity index (χ0n) is 10.6. The minimum Gasteiger partial charge on any atom is -0.280 e. The number of rotatable bonds is 3. The number of benzene rings is 2. The highest BCUT2D eigenvalue weighted by atomic mass is 32.2. The lowest BCUT2D eigenvalue weighted by molar-refractivity contribution is 0.665. The molecule has 0 aliphatic carbocycles. The molecule has 3 heteroatoms. The average molecular weight is 278 g/mol. The van der Waals surface area contributed by atoms with Crippen molar-refractivity contribution in [2.24, 2.45) is 0 Å². The number of hydrogen-bond acceptors (Lipinski definition) is 2. The van der Waals surface area contributed by atoms with Gasteiger partial charge in [-0.1, -0.05) is 46.3 Å². The molecule has 18 heavy (non-hydrogen) atoms. The predicted molar refractivity (Wildman–Crippen MR) is 82.3 cm³/mol. The fraction of sp³-hybridized carbons (Fsp3) is 0.200. The summed E-state index contributed by atoms with van der Waals surface area (Å²) < 4.78 is 13.0. The summed E-state index contributed by atoms with van der Waals surface area (Å²) in [5.74, 6) is 0. The standard InChI is InChI=1S/C15H18OS2/c1-12(14-10-6-7-11-15(14)17)18(2,16)13-8-4-3-5-9-13/h3-12,17-18H,1-2H3. The van der Waals surface area contributed by atoms with E-state index < -0.39 is 9.93 Å². The van der Waals surface area contributed by atoms with Crippen LogP contribution in [0.5, 0.6) is 0 Å². The minimum absolute atomic E-state index is 0.0198. The molecule has 1 atom stereocenters. The first-order valence-electron chi connectivity index (χ1n) is 5.94. The third kappa shape index (κ3) is 2.52. The van der Waals surface area contributed by atoms with E-state index in [0.29, 0.717) is 0 Å². The highest BCUT2D eigenvalue weighted by molar-refractivity contribution is 8.02. The molecule has 0 saturated heterocycles. The van der Waals surface area contributed by atoms with E-state index in [9.17, 15) is 4.21 Å². The second-order valence-electron chi connectivity index (χ2n) is 4.56. The smallest absolute Gasteiger partial charge is 0.0395 e. The normalized spacial score (nSPS) is 14.2. The van der Waals surface area contributed by atoms with E-state index in [2.05, 4.69) is 12.6 Å². The molecule has 0 N–H and O–H groups in total. The van der Waals surface area contributed by atoms with Crippen LogP contribution in [0.4, 0.5) is 0 Å². The van der Waals surface area contributed by atoms with Crippen molar-refractivity contribution in [3.8, 4) is 0 Å². The third-order valence-electron chi connectivity index (χ3n) is 3.39. The highest BCUT2D eigenvalue weighted by Gasteiger charge is 2.23. The summed E-state index contributed by atoms with van der Waals surface area (Å²) in [7, 11) is -2.43. The lowest BCUT2D eigenvalue weighted by Gasteiger charge is -2.27. The molecule has 0 saturated carbocycles. The van der Waals surface area contributed by atoms with Crippen LogP contribution in [0.15, 0.2) is 64.4 Å². The molecule has 96 valence electrons. The van der Waals surface area contributed by atoms with Gasteiger partial charge in [-0.2, -0.15) is 0 Å². The lowest BCUT2D eigenvalue weighted by Crippen LogP contribution is -2.18. The fourth-order valence-electron chi connectivity index (χ4n) is 2.05. The van der Waals surface area contributed by atoms with E-state index in [-0.39, 0.29) is 5.25 Å². The topological polar surface area (TPSA) is 17.1 Å². The quantitative estimate of drug-likeness (QED) is 0.818. The minimum atomic E-state index is -2.43. The van der Waals surface area contributed by atoms with Crippen molar-refractivity contribution in [3.63, 3.8) is 0 Å². The summed E-state index contributed by atoms with van der Waals surface area (Å²) in [6.45, 7) is 2.02. The van der Waals surface area contributed by atoms with Crippen LogP contribution in [-0.2, 0) is 9.93 Å². The van der Waals surface area contributed by atoms with Crippen LogP contribution in [-0.4, -0.2) is 10.5 Å². The van der Waals surface area contributed by atoms with Gasteiger partial charge in [0.25, 0.3) is 0 Å². The van der Waals surface area contributed by atoms with Crippen molar-refractivity contribution in [1.29, 1.82) is 0 Å². The summed E-state index contributed by atoms with van der Waals surface area (Å²) in [5, 5.41) is -0.0198. The van der Waals surface area contributed by atoms with Crippen molar-refractivity contribution in [1.82, 2.24) is 0 Å². The van der Waals surface area contributed by atoms with E-state index >= 15 is 0 Å². The molecule has 1 nitrogen and oxygen atoms in total. The Morgan fingerprint density at radius 3 is 2.17 bits per heavy atom. The third-order valence-corrected chi connectivity index (χ3v) is 6.88. The maximum absolute atomic E-state index is 13.0. The maximum atomic E-state index is 13.0. The molecule has 0 amide bonds. The van der Waals surface area contributed by atoms with Gasteiger partial charge in [0.05, 0.1) is 0 Å². The predicted octanol–water partition coefficient (Wildman–Crippen LogP) is 3.74.